The van der Waals surface area contributed by atoms with Crippen LogP contribution in [-0.4, -0.2) is 51.1 Å². The summed E-state index contributed by atoms with van der Waals surface area (Å²) in [6, 6.07) is 7.08. The molecule has 132 valence electrons. The monoisotopic (exact) mass is 351 g/mol. The van der Waals surface area contributed by atoms with E-state index in [0.29, 0.717) is 36.2 Å². The molecule has 3 aromatic heterocycles. The molecule has 0 radical (unpaired) electrons. The molecule has 0 unspecified atom stereocenters. The zero-order valence-corrected chi connectivity index (χ0v) is 14.2. The van der Waals surface area contributed by atoms with E-state index in [0.717, 1.165) is 12.0 Å². The number of hydrogen-bond acceptors (Lipinski definition) is 7. The minimum absolute atomic E-state index is 0.0549. The number of methoxy groups -OCH3 is 1. The first-order chi connectivity index (χ1) is 12.7. The summed E-state index contributed by atoms with van der Waals surface area (Å²) >= 11 is 0. The van der Waals surface area contributed by atoms with E-state index in [1.165, 1.54) is 6.20 Å². The van der Waals surface area contributed by atoms with Crippen LogP contribution in [0.5, 0.6) is 5.88 Å². The number of ether oxygens (including phenoxy) is 1. The average Bonchev–Trinajstić information content (AvgIpc) is 3.38. The van der Waals surface area contributed by atoms with E-state index in [1.54, 1.807) is 36.5 Å². The second-order valence-electron chi connectivity index (χ2n) is 6.03. The van der Waals surface area contributed by atoms with Crippen LogP contribution in [0.1, 0.15) is 28.5 Å². The van der Waals surface area contributed by atoms with Crippen molar-refractivity contribution in [1.82, 2.24) is 25.0 Å². The maximum Gasteiger partial charge on any atom is 0.259 e. The number of nitrogens with zero attached hydrogens (tertiary/aromatic N) is 5. The van der Waals surface area contributed by atoms with Crippen molar-refractivity contribution in [2.45, 2.75) is 12.3 Å². The fourth-order valence-corrected chi connectivity index (χ4v) is 2.97. The number of amides is 1. The predicted octanol–water partition coefficient (Wildman–Crippen LogP) is 2.16. The van der Waals surface area contributed by atoms with Crippen molar-refractivity contribution in [2.24, 2.45) is 0 Å². The quantitative estimate of drug-likeness (QED) is 0.711. The van der Waals surface area contributed by atoms with Crippen molar-refractivity contribution in [1.29, 1.82) is 0 Å². The first-order valence-electron chi connectivity index (χ1n) is 8.28. The number of carbonyl (C=O) groups excluding carboxylic acids is 1. The van der Waals surface area contributed by atoms with Crippen molar-refractivity contribution in [2.75, 3.05) is 20.2 Å². The number of hydrogen-bond donors (Lipinski definition) is 0. The summed E-state index contributed by atoms with van der Waals surface area (Å²) in [5, 5.41) is 4.08. The molecule has 0 aliphatic carbocycles. The topological polar surface area (TPSA) is 94.2 Å². The van der Waals surface area contributed by atoms with Crippen LogP contribution < -0.4 is 4.74 Å². The van der Waals surface area contributed by atoms with Gasteiger partial charge in [-0.05, 0) is 24.6 Å². The smallest absolute Gasteiger partial charge is 0.259 e. The Morgan fingerprint density at radius 3 is 2.96 bits per heavy atom. The highest BCUT2D eigenvalue weighted by atomic mass is 16.5. The molecule has 0 N–H and O–H groups in total. The Morgan fingerprint density at radius 2 is 2.23 bits per heavy atom. The Morgan fingerprint density at radius 1 is 1.31 bits per heavy atom. The standard InChI is InChI=1S/C18H17N5O3/c1-25-15-5-4-13(10-20-15)18(24)23-8-6-14(11-23)16-21-17(26-22-16)12-3-2-7-19-9-12/h2-5,7,9-10,14H,6,8,11H2,1H3/t14-/m0/s1. The van der Waals surface area contributed by atoms with E-state index in [-0.39, 0.29) is 11.8 Å². The molecule has 1 aliphatic heterocycles. The number of aromatic nitrogens is 4. The SMILES string of the molecule is COc1ccc(C(=O)N2CC[C@H](c3noc(-c4cccnc4)n3)C2)cn1. The van der Waals surface area contributed by atoms with Crippen LogP contribution >= 0.6 is 0 Å². The van der Waals surface area contributed by atoms with E-state index < -0.39 is 0 Å². The first-order valence-corrected chi connectivity index (χ1v) is 8.28. The van der Waals surface area contributed by atoms with Gasteiger partial charge in [-0.1, -0.05) is 5.16 Å². The molecule has 26 heavy (non-hydrogen) atoms. The lowest BCUT2D eigenvalue weighted by molar-refractivity contribution is 0.0790. The average molecular weight is 351 g/mol. The van der Waals surface area contributed by atoms with Crippen LogP contribution in [-0.2, 0) is 0 Å². The third-order valence-electron chi connectivity index (χ3n) is 4.38. The Labute approximate surface area is 149 Å². The van der Waals surface area contributed by atoms with Gasteiger partial charge < -0.3 is 14.2 Å². The van der Waals surface area contributed by atoms with Gasteiger partial charge in [0.1, 0.15) is 0 Å². The molecule has 8 nitrogen and oxygen atoms in total. The minimum Gasteiger partial charge on any atom is -0.481 e. The molecule has 4 rings (SSSR count). The Kier molecular flexibility index (Phi) is 4.30. The number of carbonyl (C=O) groups is 1. The van der Waals surface area contributed by atoms with Crippen molar-refractivity contribution < 1.29 is 14.1 Å². The Bertz CT molecular complexity index is 895. The molecule has 0 bridgehead atoms. The van der Waals surface area contributed by atoms with Crippen molar-refractivity contribution >= 4 is 5.91 Å². The molecule has 1 saturated heterocycles. The molecular formula is C18H17N5O3. The van der Waals surface area contributed by atoms with E-state index >= 15 is 0 Å². The van der Waals surface area contributed by atoms with Gasteiger partial charge in [0, 0.05) is 43.7 Å². The van der Waals surface area contributed by atoms with E-state index in [1.807, 2.05) is 12.1 Å². The largest absolute Gasteiger partial charge is 0.481 e. The van der Waals surface area contributed by atoms with Gasteiger partial charge in [-0.25, -0.2) is 4.98 Å². The van der Waals surface area contributed by atoms with Crippen molar-refractivity contribution in [3.05, 3.63) is 54.2 Å². The lowest BCUT2D eigenvalue weighted by Crippen LogP contribution is -2.28. The summed E-state index contributed by atoms with van der Waals surface area (Å²) in [5.74, 6) is 1.54. The van der Waals surface area contributed by atoms with E-state index in [9.17, 15) is 4.79 Å². The highest BCUT2D eigenvalue weighted by Crippen LogP contribution is 2.28. The molecule has 1 fully saturated rings. The number of likely N-dealkylation sites (tertiary alicyclic amines) is 1. The number of pyridine rings is 2. The van der Waals surface area contributed by atoms with Gasteiger partial charge in [0.15, 0.2) is 5.82 Å². The minimum atomic E-state index is -0.0568. The lowest BCUT2D eigenvalue weighted by atomic mass is 10.1. The van der Waals surface area contributed by atoms with Crippen LogP contribution in [0.2, 0.25) is 0 Å². The normalized spacial score (nSPS) is 16.7. The summed E-state index contributed by atoms with van der Waals surface area (Å²) < 4.78 is 10.4. The Hall–Kier alpha value is -3.29. The molecule has 1 amide bonds. The molecular weight excluding hydrogens is 334 g/mol. The summed E-state index contributed by atoms with van der Waals surface area (Å²) in [5.41, 5.74) is 1.32. The molecule has 3 aromatic rings. The molecule has 0 spiro atoms. The summed E-state index contributed by atoms with van der Waals surface area (Å²) in [7, 11) is 1.54. The molecule has 4 heterocycles. The van der Waals surface area contributed by atoms with E-state index in [2.05, 4.69) is 20.1 Å². The fraction of sp³-hybridized carbons (Fsp3) is 0.278. The van der Waals surface area contributed by atoms with Crippen LogP contribution in [0.15, 0.2) is 47.4 Å². The van der Waals surface area contributed by atoms with E-state index in [4.69, 9.17) is 9.26 Å². The van der Waals surface area contributed by atoms with Gasteiger partial charge >= 0.3 is 0 Å². The van der Waals surface area contributed by atoms with Gasteiger partial charge in [0.25, 0.3) is 11.8 Å². The van der Waals surface area contributed by atoms with Crippen LogP contribution in [0.3, 0.4) is 0 Å². The summed E-state index contributed by atoms with van der Waals surface area (Å²) in [4.78, 5) is 27.0. The predicted molar refractivity (Wildman–Crippen MR) is 91.6 cm³/mol. The first kappa shape index (κ1) is 16.2. The van der Waals surface area contributed by atoms with Gasteiger partial charge in [-0.3, -0.25) is 9.78 Å². The summed E-state index contributed by atoms with van der Waals surface area (Å²) in [6.45, 7) is 1.20. The third-order valence-corrected chi connectivity index (χ3v) is 4.38. The Balaban J connectivity index is 1.45. The lowest BCUT2D eigenvalue weighted by Gasteiger charge is -2.15. The van der Waals surface area contributed by atoms with Gasteiger partial charge in [0.05, 0.1) is 18.2 Å². The molecule has 1 aliphatic rings. The van der Waals surface area contributed by atoms with Gasteiger partial charge in [-0.15, -0.1) is 0 Å². The highest BCUT2D eigenvalue weighted by Gasteiger charge is 2.31. The second kappa shape index (κ2) is 6.91. The fourth-order valence-electron chi connectivity index (χ4n) is 2.97. The highest BCUT2D eigenvalue weighted by molar-refractivity contribution is 5.94. The van der Waals surface area contributed by atoms with Crippen LogP contribution in [0, 0.1) is 0 Å². The summed E-state index contributed by atoms with van der Waals surface area (Å²) in [6.07, 6.45) is 5.69. The molecule has 8 heteroatoms. The molecule has 0 saturated carbocycles. The second-order valence-corrected chi connectivity index (χ2v) is 6.03. The van der Waals surface area contributed by atoms with Crippen molar-refractivity contribution in [3.8, 4) is 17.3 Å². The number of rotatable bonds is 4. The van der Waals surface area contributed by atoms with Crippen LogP contribution in [0.4, 0.5) is 0 Å². The van der Waals surface area contributed by atoms with Crippen LogP contribution in [0.25, 0.3) is 11.5 Å². The molecule has 1 atom stereocenters. The third kappa shape index (κ3) is 3.13. The van der Waals surface area contributed by atoms with Crippen molar-refractivity contribution in [3.63, 3.8) is 0 Å². The van der Waals surface area contributed by atoms with Gasteiger partial charge in [-0.2, -0.15) is 4.98 Å². The molecule has 0 aromatic carbocycles. The van der Waals surface area contributed by atoms with Gasteiger partial charge in [0.2, 0.25) is 5.88 Å². The zero-order chi connectivity index (χ0) is 17.9. The zero-order valence-electron chi connectivity index (χ0n) is 14.2. The maximum atomic E-state index is 12.6. The maximum absolute atomic E-state index is 12.6.